The molecule has 0 aliphatic heterocycles. The number of aryl methyl sites for hydroxylation is 1. The van der Waals surface area contributed by atoms with E-state index in [1.165, 1.54) is 44.2 Å². The molecule has 1 atom stereocenters. The number of aromatic nitrogens is 2. The second kappa shape index (κ2) is 6.20. The molecular formula is C14H25N3. The van der Waals surface area contributed by atoms with Crippen molar-refractivity contribution in [1.82, 2.24) is 14.9 Å². The summed E-state index contributed by atoms with van der Waals surface area (Å²) in [4.78, 5) is 4.15. The van der Waals surface area contributed by atoms with E-state index in [9.17, 15) is 0 Å². The molecule has 1 aromatic rings. The highest BCUT2D eigenvalue weighted by molar-refractivity contribution is 4.97. The van der Waals surface area contributed by atoms with Crippen molar-refractivity contribution in [3.8, 4) is 0 Å². The average molecular weight is 235 g/mol. The number of rotatable bonds is 4. The van der Waals surface area contributed by atoms with Crippen LogP contribution >= 0.6 is 0 Å². The zero-order valence-corrected chi connectivity index (χ0v) is 11.2. The molecule has 2 rings (SSSR count). The van der Waals surface area contributed by atoms with Gasteiger partial charge in [-0.25, -0.2) is 4.98 Å². The molecule has 1 fully saturated rings. The maximum absolute atomic E-state index is 4.15. The van der Waals surface area contributed by atoms with Crippen LogP contribution in [0.25, 0.3) is 0 Å². The summed E-state index contributed by atoms with van der Waals surface area (Å²) in [6, 6.07) is 0.628. The molecule has 3 nitrogen and oxygen atoms in total. The van der Waals surface area contributed by atoms with E-state index in [1.807, 2.05) is 12.5 Å². The smallest absolute Gasteiger partial charge is 0.0945 e. The van der Waals surface area contributed by atoms with Gasteiger partial charge in [0.05, 0.1) is 12.0 Å². The Morgan fingerprint density at radius 1 is 1.35 bits per heavy atom. The molecule has 1 aromatic heterocycles. The van der Waals surface area contributed by atoms with E-state index in [2.05, 4.69) is 28.8 Å². The molecule has 0 spiro atoms. The van der Waals surface area contributed by atoms with E-state index in [0.29, 0.717) is 6.04 Å². The minimum Gasteiger partial charge on any atom is -0.337 e. The fourth-order valence-electron chi connectivity index (χ4n) is 2.80. The van der Waals surface area contributed by atoms with E-state index < -0.39 is 0 Å². The maximum Gasteiger partial charge on any atom is 0.0945 e. The molecule has 0 unspecified atom stereocenters. The van der Waals surface area contributed by atoms with Gasteiger partial charge in [-0.1, -0.05) is 25.7 Å². The van der Waals surface area contributed by atoms with Crippen molar-refractivity contribution in [3.05, 3.63) is 18.2 Å². The van der Waals surface area contributed by atoms with E-state index >= 15 is 0 Å². The molecule has 17 heavy (non-hydrogen) atoms. The molecule has 1 saturated carbocycles. The van der Waals surface area contributed by atoms with Crippen LogP contribution in [0.3, 0.4) is 0 Å². The Balaban J connectivity index is 1.80. The van der Waals surface area contributed by atoms with Crippen LogP contribution in [-0.2, 0) is 13.6 Å². The van der Waals surface area contributed by atoms with Crippen molar-refractivity contribution in [2.75, 3.05) is 0 Å². The van der Waals surface area contributed by atoms with Gasteiger partial charge in [-0.2, -0.15) is 0 Å². The van der Waals surface area contributed by atoms with Crippen molar-refractivity contribution >= 4 is 0 Å². The minimum atomic E-state index is 0.628. The summed E-state index contributed by atoms with van der Waals surface area (Å²) in [5.74, 6) is 0.866. The Kier molecular flexibility index (Phi) is 4.60. The van der Waals surface area contributed by atoms with Crippen molar-refractivity contribution in [1.29, 1.82) is 0 Å². The summed E-state index contributed by atoms with van der Waals surface area (Å²) < 4.78 is 2.09. The SMILES string of the molecule is C[C@@H](NCc1cncn1C)C1CCCCCC1. The summed E-state index contributed by atoms with van der Waals surface area (Å²) in [5, 5.41) is 3.66. The van der Waals surface area contributed by atoms with Crippen LogP contribution in [-0.4, -0.2) is 15.6 Å². The lowest BCUT2D eigenvalue weighted by atomic mass is 9.93. The molecule has 0 saturated heterocycles. The first-order valence-electron chi connectivity index (χ1n) is 6.96. The Hall–Kier alpha value is -0.830. The number of hydrogen-bond donors (Lipinski definition) is 1. The fraction of sp³-hybridized carbons (Fsp3) is 0.786. The normalized spacial score (nSPS) is 20.1. The second-order valence-corrected chi connectivity index (χ2v) is 5.42. The highest BCUT2D eigenvalue weighted by Gasteiger charge is 2.18. The summed E-state index contributed by atoms with van der Waals surface area (Å²) in [5.41, 5.74) is 1.27. The fourth-order valence-corrected chi connectivity index (χ4v) is 2.80. The molecule has 96 valence electrons. The minimum absolute atomic E-state index is 0.628. The lowest BCUT2D eigenvalue weighted by molar-refractivity contribution is 0.334. The van der Waals surface area contributed by atoms with Crippen LogP contribution in [0, 0.1) is 5.92 Å². The molecule has 1 heterocycles. The lowest BCUT2D eigenvalue weighted by Gasteiger charge is -2.23. The van der Waals surface area contributed by atoms with Crippen molar-refractivity contribution in [2.24, 2.45) is 13.0 Å². The average Bonchev–Trinajstić information content (AvgIpc) is 2.58. The first kappa shape index (κ1) is 12.6. The molecular weight excluding hydrogens is 210 g/mol. The van der Waals surface area contributed by atoms with E-state index in [4.69, 9.17) is 0 Å². The molecule has 1 aliphatic carbocycles. The predicted molar refractivity (Wildman–Crippen MR) is 70.7 cm³/mol. The molecule has 0 radical (unpaired) electrons. The molecule has 1 N–H and O–H groups in total. The number of nitrogens with zero attached hydrogens (tertiary/aromatic N) is 2. The van der Waals surface area contributed by atoms with Gasteiger partial charge < -0.3 is 9.88 Å². The van der Waals surface area contributed by atoms with Gasteiger partial charge in [0.25, 0.3) is 0 Å². The summed E-state index contributed by atoms with van der Waals surface area (Å²) in [6.45, 7) is 3.28. The molecule has 0 amide bonds. The standard InChI is InChI=1S/C14H25N3/c1-12(13-7-5-3-4-6-8-13)16-10-14-9-15-11-17(14)2/h9,11-13,16H,3-8,10H2,1-2H3/t12-/m1/s1. The third-order valence-corrected chi connectivity index (χ3v) is 4.13. The Labute approximate surface area is 105 Å². The van der Waals surface area contributed by atoms with Crippen molar-refractivity contribution < 1.29 is 0 Å². The van der Waals surface area contributed by atoms with Gasteiger partial charge in [0.2, 0.25) is 0 Å². The van der Waals surface area contributed by atoms with Gasteiger partial charge in [0.15, 0.2) is 0 Å². The summed E-state index contributed by atoms with van der Waals surface area (Å²) in [7, 11) is 2.06. The highest BCUT2D eigenvalue weighted by atomic mass is 15.0. The quantitative estimate of drug-likeness (QED) is 0.813. The van der Waals surface area contributed by atoms with Gasteiger partial charge >= 0.3 is 0 Å². The first-order chi connectivity index (χ1) is 8.27. The van der Waals surface area contributed by atoms with Crippen LogP contribution in [0.1, 0.15) is 51.1 Å². The van der Waals surface area contributed by atoms with Gasteiger partial charge in [-0.3, -0.25) is 0 Å². The third kappa shape index (κ3) is 3.56. The molecule has 1 aliphatic rings. The second-order valence-electron chi connectivity index (χ2n) is 5.42. The lowest BCUT2D eigenvalue weighted by Crippen LogP contribution is -2.33. The number of nitrogens with one attached hydrogen (secondary N) is 1. The van der Waals surface area contributed by atoms with Crippen LogP contribution in [0.4, 0.5) is 0 Å². The van der Waals surface area contributed by atoms with Crippen molar-refractivity contribution in [3.63, 3.8) is 0 Å². The Morgan fingerprint density at radius 3 is 2.65 bits per heavy atom. The largest absolute Gasteiger partial charge is 0.337 e. The molecule has 0 bridgehead atoms. The van der Waals surface area contributed by atoms with E-state index in [1.54, 1.807) is 0 Å². The molecule has 3 heteroatoms. The Morgan fingerprint density at radius 2 is 2.06 bits per heavy atom. The zero-order valence-electron chi connectivity index (χ0n) is 11.2. The third-order valence-electron chi connectivity index (χ3n) is 4.13. The summed E-state index contributed by atoms with van der Waals surface area (Å²) in [6.07, 6.45) is 12.3. The monoisotopic (exact) mass is 235 g/mol. The van der Waals surface area contributed by atoms with Crippen LogP contribution in [0.5, 0.6) is 0 Å². The molecule has 0 aromatic carbocycles. The van der Waals surface area contributed by atoms with Crippen LogP contribution in [0.15, 0.2) is 12.5 Å². The van der Waals surface area contributed by atoms with E-state index in [0.717, 1.165) is 12.5 Å². The zero-order chi connectivity index (χ0) is 12.1. The first-order valence-corrected chi connectivity index (χ1v) is 6.96. The highest BCUT2D eigenvalue weighted by Crippen LogP contribution is 2.25. The number of imidazole rings is 1. The van der Waals surface area contributed by atoms with E-state index in [-0.39, 0.29) is 0 Å². The van der Waals surface area contributed by atoms with Crippen LogP contribution in [0.2, 0.25) is 0 Å². The summed E-state index contributed by atoms with van der Waals surface area (Å²) >= 11 is 0. The van der Waals surface area contributed by atoms with Crippen LogP contribution < -0.4 is 5.32 Å². The van der Waals surface area contributed by atoms with Crippen molar-refractivity contribution in [2.45, 2.75) is 58.0 Å². The Bertz CT molecular complexity index is 324. The number of hydrogen-bond acceptors (Lipinski definition) is 2. The maximum atomic E-state index is 4.15. The topological polar surface area (TPSA) is 29.9 Å². The van der Waals surface area contributed by atoms with Gasteiger partial charge in [0.1, 0.15) is 0 Å². The predicted octanol–water partition coefficient (Wildman–Crippen LogP) is 2.87. The van der Waals surface area contributed by atoms with Gasteiger partial charge in [-0.05, 0) is 25.7 Å². The van der Waals surface area contributed by atoms with Gasteiger partial charge in [0, 0.05) is 25.8 Å². The van der Waals surface area contributed by atoms with Gasteiger partial charge in [-0.15, -0.1) is 0 Å².